The highest BCUT2D eigenvalue weighted by Crippen LogP contribution is 2.26. The van der Waals surface area contributed by atoms with E-state index in [0.717, 1.165) is 0 Å². The van der Waals surface area contributed by atoms with E-state index < -0.39 is 16.2 Å². The first-order chi connectivity index (χ1) is 8.94. The fourth-order valence-electron chi connectivity index (χ4n) is 2.00. The molecule has 0 aliphatic carbocycles. The SMILES string of the molecule is CCC(CCC(C)=O)(C(=O)c1ccccc1)[N+](=O)[O-]. The number of nitrogens with zero attached hydrogens (tertiary/aromatic N) is 1. The van der Waals surface area contributed by atoms with Gasteiger partial charge in [-0.15, -0.1) is 0 Å². The van der Waals surface area contributed by atoms with Gasteiger partial charge in [-0.1, -0.05) is 37.3 Å². The molecule has 0 spiro atoms. The third-order valence-corrected chi connectivity index (χ3v) is 3.28. The number of ketones is 2. The maximum atomic E-state index is 12.4. The van der Waals surface area contributed by atoms with Crippen LogP contribution in [0.1, 0.15) is 43.5 Å². The number of hydrogen-bond acceptors (Lipinski definition) is 4. The summed E-state index contributed by atoms with van der Waals surface area (Å²) >= 11 is 0. The molecule has 5 nitrogen and oxygen atoms in total. The van der Waals surface area contributed by atoms with Crippen molar-refractivity contribution in [2.75, 3.05) is 0 Å². The maximum absolute atomic E-state index is 12.4. The molecule has 102 valence electrons. The molecule has 0 saturated heterocycles. The molecule has 0 aromatic heterocycles. The summed E-state index contributed by atoms with van der Waals surface area (Å²) in [6.07, 6.45) is 0.0496. The van der Waals surface area contributed by atoms with Crippen molar-refractivity contribution in [3.05, 3.63) is 46.0 Å². The van der Waals surface area contributed by atoms with E-state index in [9.17, 15) is 19.7 Å². The molecule has 0 aliphatic rings. The van der Waals surface area contributed by atoms with Crippen LogP contribution in [0.4, 0.5) is 0 Å². The van der Waals surface area contributed by atoms with E-state index in [0.29, 0.717) is 5.56 Å². The van der Waals surface area contributed by atoms with Crippen molar-refractivity contribution < 1.29 is 14.5 Å². The second-order valence-electron chi connectivity index (χ2n) is 4.54. The van der Waals surface area contributed by atoms with Crippen LogP contribution in [-0.4, -0.2) is 22.0 Å². The first-order valence-electron chi connectivity index (χ1n) is 6.18. The topological polar surface area (TPSA) is 77.3 Å². The Kier molecular flexibility index (Phi) is 4.92. The van der Waals surface area contributed by atoms with Gasteiger partial charge in [0, 0.05) is 29.7 Å². The number of carbonyl (C=O) groups is 2. The minimum absolute atomic E-state index is 0.0351. The summed E-state index contributed by atoms with van der Waals surface area (Å²) in [5, 5.41) is 11.4. The summed E-state index contributed by atoms with van der Waals surface area (Å²) in [6, 6.07) is 8.19. The normalized spacial score (nSPS) is 13.6. The summed E-state index contributed by atoms with van der Waals surface area (Å²) in [5.74, 6) is -0.678. The highest BCUT2D eigenvalue weighted by molar-refractivity contribution is 6.02. The molecule has 0 bridgehead atoms. The number of rotatable bonds is 7. The zero-order valence-corrected chi connectivity index (χ0v) is 11.1. The number of carbonyl (C=O) groups excluding carboxylic acids is 2. The van der Waals surface area contributed by atoms with Gasteiger partial charge in [0.15, 0.2) is 0 Å². The molecular formula is C14H17NO4. The van der Waals surface area contributed by atoms with Gasteiger partial charge in [0.05, 0.1) is 0 Å². The predicted molar refractivity (Wildman–Crippen MR) is 70.7 cm³/mol. The summed E-state index contributed by atoms with van der Waals surface area (Å²) in [4.78, 5) is 34.3. The molecule has 1 rings (SSSR count). The van der Waals surface area contributed by atoms with Crippen LogP contribution >= 0.6 is 0 Å². The maximum Gasteiger partial charge on any atom is 0.283 e. The van der Waals surface area contributed by atoms with E-state index in [-0.39, 0.29) is 25.0 Å². The molecule has 0 saturated carbocycles. The number of Topliss-reactive ketones (excluding diaryl/α,β-unsaturated/α-hetero) is 2. The fourth-order valence-corrected chi connectivity index (χ4v) is 2.00. The second-order valence-corrected chi connectivity index (χ2v) is 4.54. The molecule has 0 amide bonds. The van der Waals surface area contributed by atoms with Crippen molar-refractivity contribution in [2.45, 2.75) is 38.6 Å². The number of nitro groups is 1. The van der Waals surface area contributed by atoms with E-state index in [1.807, 2.05) is 0 Å². The quantitative estimate of drug-likeness (QED) is 0.430. The summed E-state index contributed by atoms with van der Waals surface area (Å²) < 4.78 is 0. The van der Waals surface area contributed by atoms with E-state index in [4.69, 9.17) is 0 Å². The van der Waals surface area contributed by atoms with Crippen LogP contribution in [0.2, 0.25) is 0 Å². The molecule has 1 aromatic carbocycles. The van der Waals surface area contributed by atoms with E-state index >= 15 is 0 Å². The molecule has 5 heteroatoms. The third-order valence-electron chi connectivity index (χ3n) is 3.28. The molecular weight excluding hydrogens is 246 g/mol. The van der Waals surface area contributed by atoms with E-state index in [1.165, 1.54) is 6.92 Å². The molecule has 0 aliphatic heterocycles. The Bertz CT molecular complexity index is 483. The Morgan fingerprint density at radius 2 is 1.84 bits per heavy atom. The predicted octanol–water partition coefficient (Wildman–Crippen LogP) is 2.66. The van der Waals surface area contributed by atoms with Crippen LogP contribution < -0.4 is 0 Å². The largest absolute Gasteiger partial charge is 0.300 e. The van der Waals surface area contributed by atoms with Crippen molar-refractivity contribution in [1.82, 2.24) is 0 Å². The molecule has 0 N–H and O–H groups in total. The van der Waals surface area contributed by atoms with Gasteiger partial charge in [-0.25, -0.2) is 0 Å². The first-order valence-corrected chi connectivity index (χ1v) is 6.18. The van der Waals surface area contributed by atoms with Crippen LogP contribution in [0.15, 0.2) is 30.3 Å². The third kappa shape index (κ3) is 3.24. The Balaban J connectivity index is 3.12. The van der Waals surface area contributed by atoms with Gasteiger partial charge >= 0.3 is 0 Å². The lowest BCUT2D eigenvalue weighted by atomic mass is 9.83. The molecule has 19 heavy (non-hydrogen) atoms. The average molecular weight is 263 g/mol. The number of benzene rings is 1. The van der Waals surface area contributed by atoms with Gasteiger partial charge in [-0.3, -0.25) is 14.9 Å². The molecule has 1 atom stereocenters. The minimum atomic E-state index is -1.70. The van der Waals surface area contributed by atoms with E-state index in [1.54, 1.807) is 37.3 Å². The van der Waals surface area contributed by atoms with Crippen molar-refractivity contribution >= 4 is 11.6 Å². The van der Waals surface area contributed by atoms with Gasteiger partial charge in [0.1, 0.15) is 5.78 Å². The van der Waals surface area contributed by atoms with Gasteiger partial charge in [0.2, 0.25) is 5.78 Å². The smallest absolute Gasteiger partial charge is 0.283 e. The summed E-state index contributed by atoms with van der Waals surface area (Å²) in [5.41, 5.74) is -1.39. The monoisotopic (exact) mass is 263 g/mol. The van der Waals surface area contributed by atoms with Crippen LogP contribution in [0, 0.1) is 10.1 Å². The van der Waals surface area contributed by atoms with Gasteiger partial charge in [-0.05, 0) is 6.92 Å². The Labute approximate surface area is 111 Å². The Morgan fingerprint density at radius 1 is 1.26 bits per heavy atom. The highest BCUT2D eigenvalue weighted by atomic mass is 16.6. The second kappa shape index (κ2) is 6.22. The minimum Gasteiger partial charge on any atom is -0.300 e. The van der Waals surface area contributed by atoms with Gasteiger partial charge < -0.3 is 4.79 Å². The Morgan fingerprint density at radius 3 is 2.26 bits per heavy atom. The zero-order chi connectivity index (χ0) is 14.5. The fraction of sp³-hybridized carbons (Fsp3) is 0.429. The van der Waals surface area contributed by atoms with Gasteiger partial charge in [-0.2, -0.15) is 0 Å². The highest BCUT2D eigenvalue weighted by Gasteiger charge is 2.48. The molecule has 0 heterocycles. The van der Waals surface area contributed by atoms with Crippen molar-refractivity contribution in [3.63, 3.8) is 0 Å². The average Bonchev–Trinajstić information content (AvgIpc) is 2.40. The number of hydrogen-bond donors (Lipinski definition) is 0. The summed E-state index contributed by atoms with van der Waals surface area (Å²) in [6.45, 7) is 2.97. The standard InChI is InChI=1S/C14H17NO4/c1-3-14(15(18)19,10-9-11(2)16)13(17)12-7-5-4-6-8-12/h4-8H,3,9-10H2,1-2H3. The zero-order valence-electron chi connectivity index (χ0n) is 11.1. The Hall–Kier alpha value is -2.04. The summed E-state index contributed by atoms with van der Waals surface area (Å²) in [7, 11) is 0. The van der Waals surface area contributed by atoms with Crippen molar-refractivity contribution in [3.8, 4) is 0 Å². The van der Waals surface area contributed by atoms with Crippen molar-refractivity contribution in [1.29, 1.82) is 0 Å². The lowest BCUT2D eigenvalue weighted by molar-refractivity contribution is -0.551. The van der Waals surface area contributed by atoms with E-state index in [2.05, 4.69) is 0 Å². The first kappa shape index (κ1) is 15.0. The van der Waals surface area contributed by atoms with Crippen LogP contribution in [0.3, 0.4) is 0 Å². The van der Waals surface area contributed by atoms with Crippen LogP contribution in [0.25, 0.3) is 0 Å². The lowest BCUT2D eigenvalue weighted by Gasteiger charge is -2.22. The van der Waals surface area contributed by atoms with Crippen molar-refractivity contribution in [2.24, 2.45) is 0 Å². The lowest BCUT2D eigenvalue weighted by Crippen LogP contribution is -2.46. The van der Waals surface area contributed by atoms with Crippen LogP contribution in [0.5, 0.6) is 0 Å². The molecule has 1 aromatic rings. The molecule has 0 fully saturated rings. The molecule has 1 unspecified atom stereocenters. The van der Waals surface area contributed by atoms with Gasteiger partial charge in [0.25, 0.3) is 5.54 Å². The van der Waals surface area contributed by atoms with Crippen LogP contribution in [-0.2, 0) is 4.79 Å². The molecule has 0 radical (unpaired) electrons.